The maximum absolute atomic E-state index is 12.3. The summed E-state index contributed by atoms with van der Waals surface area (Å²) in [6, 6.07) is 5.48. The quantitative estimate of drug-likeness (QED) is 0.625. The average Bonchev–Trinajstić information content (AvgIpc) is 2.68. The Balaban J connectivity index is 2.52. The second kappa shape index (κ2) is 4.81. The van der Waals surface area contributed by atoms with E-state index in [-0.39, 0.29) is 16.3 Å². The first-order chi connectivity index (χ1) is 8.90. The van der Waals surface area contributed by atoms with Crippen LogP contribution in [0.3, 0.4) is 0 Å². The van der Waals surface area contributed by atoms with Crippen molar-refractivity contribution in [3.63, 3.8) is 0 Å². The highest BCUT2D eigenvalue weighted by Gasteiger charge is 2.19. The molecular formula is C12H10ClN3O3. The van der Waals surface area contributed by atoms with E-state index in [0.717, 1.165) is 6.07 Å². The Morgan fingerprint density at radius 3 is 2.58 bits per heavy atom. The van der Waals surface area contributed by atoms with Crippen LogP contribution in [0.1, 0.15) is 21.7 Å². The maximum Gasteiger partial charge on any atom is 0.280 e. The van der Waals surface area contributed by atoms with Gasteiger partial charge < -0.3 is 0 Å². The molecule has 1 aromatic heterocycles. The Morgan fingerprint density at radius 1 is 1.37 bits per heavy atom. The fourth-order valence-electron chi connectivity index (χ4n) is 1.74. The van der Waals surface area contributed by atoms with Crippen molar-refractivity contribution in [2.24, 2.45) is 0 Å². The first kappa shape index (κ1) is 13.2. The lowest BCUT2D eigenvalue weighted by Gasteiger charge is -2.05. The van der Waals surface area contributed by atoms with Gasteiger partial charge in [-0.15, -0.1) is 0 Å². The van der Waals surface area contributed by atoms with Crippen LogP contribution in [0.5, 0.6) is 0 Å². The third-order valence-electron chi connectivity index (χ3n) is 2.59. The number of nitro groups is 1. The number of aryl methyl sites for hydroxylation is 2. The summed E-state index contributed by atoms with van der Waals surface area (Å²) in [5.41, 5.74) is 1.20. The summed E-state index contributed by atoms with van der Waals surface area (Å²) in [6.07, 6.45) is 0. The largest absolute Gasteiger partial charge is 0.280 e. The number of hydrogen-bond acceptors (Lipinski definition) is 4. The molecule has 0 spiro atoms. The van der Waals surface area contributed by atoms with Crippen molar-refractivity contribution in [2.45, 2.75) is 13.8 Å². The van der Waals surface area contributed by atoms with E-state index < -0.39 is 10.8 Å². The van der Waals surface area contributed by atoms with Crippen LogP contribution in [-0.2, 0) is 0 Å². The van der Waals surface area contributed by atoms with Crippen LogP contribution in [0.4, 0.5) is 5.69 Å². The van der Waals surface area contributed by atoms with Crippen molar-refractivity contribution in [3.05, 3.63) is 56.4 Å². The Hall–Kier alpha value is -2.21. The number of aromatic nitrogens is 2. The van der Waals surface area contributed by atoms with Crippen LogP contribution in [0, 0.1) is 24.0 Å². The Bertz CT molecular complexity index is 679. The standard InChI is InChI=1S/C12H10ClN3O3/c1-7-5-8(2)15(14-7)12(17)10-6-9(16(18)19)3-4-11(10)13/h3-6H,1-2H3. The maximum atomic E-state index is 12.3. The molecule has 0 radical (unpaired) electrons. The number of benzene rings is 1. The summed E-state index contributed by atoms with van der Waals surface area (Å²) in [6.45, 7) is 3.48. The summed E-state index contributed by atoms with van der Waals surface area (Å²) in [5, 5.41) is 14.9. The summed E-state index contributed by atoms with van der Waals surface area (Å²) in [7, 11) is 0. The van der Waals surface area contributed by atoms with E-state index in [9.17, 15) is 14.9 Å². The molecule has 0 N–H and O–H groups in total. The third kappa shape index (κ3) is 2.48. The fraction of sp³-hybridized carbons (Fsp3) is 0.167. The normalized spacial score (nSPS) is 10.5. The topological polar surface area (TPSA) is 78.0 Å². The molecule has 0 unspecified atom stereocenters. The molecule has 2 rings (SSSR count). The lowest BCUT2D eigenvalue weighted by Crippen LogP contribution is -2.16. The molecule has 6 nitrogen and oxygen atoms in total. The second-order valence-electron chi connectivity index (χ2n) is 4.07. The van der Waals surface area contributed by atoms with Gasteiger partial charge in [0, 0.05) is 17.8 Å². The Morgan fingerprint density at radius 2 is 2.05 bits per heavy atom. The van der Waals surface area contributed by atoms with Gasteiger partial charge >= 0.3 is 0 Å². The van der Waals surface area contributed by atoms with Gasteiger partial charge in [-0.05, 0) is 26.0 Å². The summed E-state index contributed by atoms with van der Waals surface area (Å²) < 4.78 is 1.18. The lowest BCUT2D eigenvalue weighted by molar-refractivity contribution is -0.384. The minimum atomic E-state index is -0.575. The first-order valence-electron chi connectivity index (χ1n) is 5.42. The van der Waals surface area contributed by atoms with Crippen molar-refractivity contribution in [3.8, 4) is 0 Å². The summed E-state index contributed by atoms with van der Waals surface area (Å²) >= 11 is 5.92. The van der Waals surface area contributed by atoms with E-state index in [1.165, 1.54) is 16.8 Å². The van der Waals surface area contributed by atoms with Gasteiger partial charge in [-0.3, -0.25) is 14.9 Å². The molecule has 0 fully saturated rings. The molecule has 0 saturated heterocycles. The molecule has 0 bridgehead atoms. The van der Waals surface area contributed by atoms with Gasteiger partial charge in [-0.1, -0.05) is 11.6 Å². The molecule has 1 heterocycles. The zero-order valence-electron chi connectivity index (χ0n) is 10.3. The van der Waals surface area contributed by atoms with E-state index in [0.29, 0.717) is 11.4 Å². The molecule has 0 aliphatic rings. The molecule has 1 aromatic carbocycles. The van der Waals surface area contributed by atoms with Gasteiger partial charge in [0.25, 0.3) is 11.6 Å². The number of nitro benzene ring substituents is 1. The van der Waals surface area contributed by atoms with Gasteiger partial charge in [-0.2, -0.15) is 5.10 Å². The number of hydrogen-bond donors (Lipinski definition) is 0. The van der Waals surface area contributed by atoms with E-state index in [4.69, 9.17) is 11.6 Å². The minimum Gasteiger partial charge on any atom is -0.267 e. The average molecular weight is 280 g/mol. The van der Waals surface area contributed by atoms with E-state index >= 15 is 0 Å². The highest BCUT2D eigenvalue weighted by Crippen LogP contribution is 2.23. The number of nitrogens with zero attached hydrogens (tertiary/aromatic N) is 3. The van der Waals surface area contributed by atoms with Crippen LogP contribution >= 0.6 is 11.6 Å². The van der Waals surface area contributed by atoms with Gasteiger partial charge in [-0.25, -0.2) is 4.68 Å². The minimum absolute atomic E-state index is 0.0575. The van der Waals surface area contributed by atoms with E-state index in [1.807, 2.05) is 0 Å². The molecule has 0 saturated carbocycles. The van der Waals surface area contributed by atoms with Gasteiger partial charge in [0.05, 0.1) is 21.2 Å². The molecule has 0 atom stereocenters. The zero-order chi connectivity index (χ0) is 14.2. The third-order valence-corrected chi connectivity index (χ3v) is 2.92. The van der Waals surface area contributed by atoms with Crippen molar-refractivity contribution in [1.82, 2.24) is 9.78 Å². The lowest BCUT2D eigenvalue weighted by atomic mass is 10.2. The second-order valence-corrected chi connectivity index (χ2v) is 4.47. The number of halogens is 1. The number of rotatable bonds is 2. The van der Waals surface area contributed by atoms with Crippen molar-refractivity contribution >= 4 is 23.2 Å². The smallest absolute Gasteiger partial charge is 0.267 e. The van der Waals surface area contributed by atoms with Crippen LogP contribution in [0.2, 0.25) is 5.02 Å². The van der Waals surface area contributed by atoms with E-state index in [1.54, 1.807) is 19.9 Å². The zero-order valence-corrected chi connectivity index (χ0v) is 11.0. The van der Waals surface area contributed by atoms with E-state index in [2.05, 4.69) is 5.10 Å². The SMILES string of the molecule is Cc1cc(C)n(C(=O)c2cc([N+](=O)[O-])ccc2Cl)n1. The van der Waals surface area contributed by atoms with Crippen LogP contribution < -0.4 is 0 Å². The van der Waals surface area contributed by atoms with Crippen molar-refractivity contribution in [2.75, 3.05) is 0 Å². The highest BCUT2D eigenvalue weighted by atomic mass is 35.5. The van der Waals surface area contributed by atoms with Gasteiger partial charge in [0.15, 0.2) is 0 Å². The first-order valence-corrected chi connectivity index (χ1v) is 5.80. The highest BCUT2D eigenvalue weighted by molar-refractivity contribution is 6.34. The Kier molecular flexibility index (Phi) is 3.35. The van der Waals surface area contributed by atoms with Crippen molar-refractivity contribution in [1.29, 1.82) is 0 Å². The van der Waals surface area contributed by atoms with Crippen molar-refractivity contribution < 1.29 is 9.72 Å². The predicted molar refractivity (Wildman–Crippen MR) is 69.5 cm³/mol. The molecule has 0 aliphatic heterocycles. The fourth-order valence-corrected chi connectivity index (χ4v) is 1.94. The molecular weight excluding hydrogens is 270 g/mol. The predicted octanol–water partition coefficient (Wildman–Crippen LogP) is 2.75. The molecule has 0 amide bonds. The molecule has 0 aliphatic carbocycles. The van der Waals surface area contributed by atoms with Gasteiger partial charge in [0.1, 0.15) is 0 Å². The molecule has 19 heavy (non-hydrogen) atoms. The molecule has 7 heteroatoms. The monoisotopic (exact) mass is 279 g/mol. The number of carbonyl (C=O) groups is 1. The summed E-state index contributed by atoms with van der Waals surface area (Å²) in [5.74, 6) is -0.487. The number of carbonyl (C=O) groups excluding carboxylic acids is 1. The van der Waals surface area contributed by atoms with Crippen LogP contribution in [0.15, 0.2) is 24.3 Å². The summed E-state index contributed by atoms with van der Waals surface area (Å²) in [4.78, 5) is 22.4. The molecule has 2 aromatic rings. The Labute approximate surface area is 113 Å². The molecule has 98 valence electrons. The van der Waals surface area contributed by atoms with Crippen LogP contribution in [0.25, 0.3) is 0 Å². The number of non-ortho nitro benzene ring substituents is 1. The van der Waals surface area contributed by atoms with Gasteiger partial charge in [0.2, 0.25) is 0 Å². The van der Waals surface area contributed by atoms with Crippen LogP contribution in [-0.4, -0.2) is 20.6 Å².